The van der Waals surface area contributed by atoms with E-state index in [1.54, 1.807) is 30.3 Å². The van der Waals surface area contributed by atoms with E-state index in [2.05, 4.69) is 4.18 Å². The molecule has 2 rings (SSSR count). The van der Waals surface area contributed by atoms with Crippen LogP contribution in [0.15, 0.2) is 54.6 Å². The highest BCUT2D eigenvalue weighted by molar-refractivity contribution is 7.81. The molecule has 0 spiro atoms. The van der Waals surface area contributed by atoms with Gasteiger partial charge in [-0.25, -0.2) is 0 Å². The van der Waals surface area contributed by atoms with Gasteiger partial charge in [0.05, 0.1) is 0 Å². The first kappa shape index (κ1) is 22.0. The fourth-order valence-electron chi connectivity index (χ4n) is 1.57. The molecule has 0 aliphatic carbocycles. The Morgan fingerprint density at radius 2 is 1.41 bits per heavy atom. The van der Waals surface area contributed by atoms with E-state index in [1.165, 1.54) is 24.3 Å². The van der Waals surface area contributed by atoms with Gasteiger partial charge in [0.2, 0.25) is 0 Å². The van der Waals surface area contributed by atoms with Gasteiger partial charge in [0.25, 0.3) is 0 Å². The lowest BCUT2D eigenvalue weighted by molar-refractivity contribution is 0.103. The predicted molar refractivity (Wildman–Crippen MR) is 79.3 cm³/mol. The van der Waals surface area contributed by atoms with Crippen molar-refractivity contribution in [3.05, 3.63) is 65.7 Å². The molecular weight excluding hydrogens is 316 g/mol. The molecule has 0 heterocycles. The van der Waals surface area contributed by atoms with E-state index in [-0.39, 0.29) is 33.5 Å². The van der Waals surface area contributed by atoms with Crippen LogP contribution in [0, 0.1) is 0 Å². The maximum atomic E-state index is 12.1. The van der Waals surface area contributed by atoms with Crippen LogP contribution in [0.25, 0.3) is 0 Å². The highest BCUT2D eigenvalue weighted by atomic mass is 32.3. The van der Waals surface area contributed by atoms with Crippen LogP contribution in [-0.2, 0) is 10.4 Å². The molecule has 0 bridgehead atoms. The molecule has 122 valence electrons. The van der Waals surface area contributed by atoms with Crippen molar-refractivity contribution < 1.29 is 38.4 Å². The minimum Gasteiger partial charge on any atom is -0.412 e. The summed E-state index contributed by atoms with van der Waals surface area (Å²) in [6.07, 6.45) is 0. The molecular formula is C13H16O8S. The summed E-state index contributed by atoms with van der Waals surface area (Å²) < 4.78 is 34.1. The number of hydrogen-bond acceptors (Lipinski definition) is 4. The van der Waals surface area contributed by atoms with E-state index in [1.807, 2.05) is 0 Å². The summed E-state index contributed by atoms with van der Waals surface area (Å²) in [7, 11) is -4.60. The lowest BCUT2D eigenvalue weighted by atomic mass is 10.0. The normalized spacial score (nSPS) is 9.50. The average Bonchev–Trinajstić information content (AvgIpc) is 2.37. The summed E-state index contributed by atoms with van der Waals surface area (Å²) in [5.41, 5.74) is 0.749. The highest BCUT2D eigenvalue weighted by Gasteiger charge is 2.12. The number of rotatable bonds is 4. The monoisotopic (exact) mass is 332 g/mol. The molecule has 2 aromatic carbocycles. The third-order valence-electron chi connectivity index (χ3n) is 2.33. The molecule has 0 unspecified atom stereocenters. The molecule has 8 nitrogen and oxygen atoms in total. The second-order valence-corrected chi connectivity index (χ2v) is 4.76. The molecule has 22 heavy (non-hydrogen) atoms. The zero-order valence-corrected chi connectivity index (χ0v) is 12.0. The van der Waals surface area contributed by atoms with Crippen LogP contribution in [0.1, 0.15) is 15.9 Å². The first-order valence-electron chi connectivity index (χ1n) is 5.32. The second kappa shape index (κ2) is 8.87. The fourth-order valence-corrected chi connectivity index (χ4v) is 1.91. The van der Waals surface area contributed by atoms with Crippen molar-refractivity contribution in [1.82, 2.24) is 0 Å². The Bertz CT molecular complexity index is 697. The second-order valence-electron chi connectivity index (χ2n) is 3.73. The summed E-state index contributed by atoms with van der Waals surface area (Å²) in [5.74, 6) is -0.384. The van der Waals surface area contributed by atoms with Crippen molar-refractivity contribution in [1.29, 1.82) is 0 Å². The van der Waals surface area contributed by atoms with Crippen molar-refractivity contribution in [2.75, 3.05) is 0 Å². The lowest BCUT2D eigenvalue weighted by Crippen LogP contribution is -2.07. The van der Waals surface area contributed by atoms with Gasteiger partial charge in [-0.1, -0.05) is 42.5 Å². The maximum Gasteiger partial charge on any atom is 0.446 e. The minimum atomic E-state index is -4.60. The van der Waals surface area contributed by atoms with E-state index >= 15 is 0 Å². The molecule has 0 radical (unpaired) electrons. The van der Waals surface area contributed by atoms with Crippen LogP contribution in [0.5, 0.6) is 5.75 Å². The Labute approximate surface area is 126 Å². The summed E-state index contributed by atoms with van der Waals surface area (Å²) in [4.78, 5) is 12.1. The average molecular weight is 332 g/mol. The van der Waals surface area contributed by atoms with Gasteiger partial charge in [0, 0.05) is 11.1 Å². The van der Waals surface area contributed by atoms with Crippen molar-refractivity contribution in [2.24, 2.45) is 0 Å². The number of benzene rings is 2. The largest absolute Gasteiger partial charge is 0.446 e. The SMILES string of the molecule is O.O.O.O=C(c1ccccc1)c1cccc(OS(=O)(=O)O)c1. The molecule has 7 N–H and O–H groups in total. The third-order valence-corrected chi connectivity index (χ3v) is 2.74. The van der Waals surface area contributed by atoms with Crippen LogP contribution >= 0.6 is 0 Å². The smallest absolute Gasteiger partial charge is 0.412 e. The van der Waals surface area contributed by atoms with E-state index in [4.69, 9.17) is 4.55 Å². The Morgan fingerprint density at radius 1 is 0.864 bits per heavy atom. The molecule has 2 aromatic rings. The van der Waals surface area contributed by atoms with Crippen LogP contribution in [-0.4, -0.2) is 35.2 Å². The van der Waals surface area contributed by atoms with Crippen molar-refractivity contribution in [3.63, 3.8) is 0 Å². The van der Waals surface area contributed by atoms with E-state index in [9.17, 15) is 13.2 Å². The van der Waals surface area contributed by atoms with Crippen LogP contribution < -0.4 is 4.18 Å². The quantitative estimate of drug-likeness (QED) is 0.592. The van der Waals surface area contributed by atoms with Gasteiger partial charge in [0.15, 0.2) is 5.78 Å². The predicted octanol–water partition coefficient (Wildman–Crippen LogP) is -0.375. The topological polar surface area (TPSA) is 175 Å². The van der Waals surface area contributed by atoms with Crippen LogP contribution in [0.4, 0.5) is 0 Å². The van der Waals surface area contributed by atoms with Gasteiger partial charge in [-0.3, -0.25) is 9.35 Å². The van der Waals surface area contributed by atoms with Crippen molar-refractivity contribution in [3.8, 4) is 5.75 Å². The zero-order chi connectivity index (χ0) is 13.9. The zero-order valence-electron chi connectivity index (χ0n) is 11.2. The van der Waals surface area contributed by atoms with Gasteiger partial charge in [-0.2, -0.15) is 8.42 Å². The molecule has 0 aromatic heterocycles. The molecule has 0 aliphatic rings. The van der Waals surface area contributed by atoms with E-state index in [0.717, 1.165) is 0 Å². The Kier molecular flexibility index (Phi) is 8.87. The van der Waals surface area contributed by atoms with Crippen LogP contribution in [0.2, 0.25) is 0 Å². The lowest BCUT2D eigenvalue weighted by Gasteiger charge is -2.04. The van der Waals surface area contributed by atoms with Gasteiger partial charge < -0.3 is 20.6 Å². The van der Waals surface area contributed by atoms with E-state index in [0.29, 0.717) is 5.56 Å². The number of carbonyl (C=O) groups excluding carboxylic acids is 1. The Morgan fingerprint density at radius 3 is 1.95 bits per heavy atom. The summed E-state index contributed by atoms with van der Waals surface area (Å²) in [5, 5.41) is 0. The Balaban J connectivity index is 0. The fraction of sp³-hybridized carbons (Fsp3) is 0. The minimum absolute atomic E-state index is 0. The van der Waals surface area contributed by atoms with E-state index < -0.39 is 10.4 Å². The molecule has 0 amide bonds. The highest BCUT2D eigenvalue weighted by Crippen LogP contribution is 2.17. The van der Waals surface area contributed by atoms with Gasteiger partial charge in [-0.15, -0.1) is 0 Å². The van der Waals surface area contributed by atoms with Crippen molar-refractivity contribution >= 4 is 16.2 Å². The van der Waals surface area contributed by atoms with Gasteiger partial charge in [0.1, 0.15) is 5.75 Å². The summed E-state index contributed by atoms with van der Waals surface area (Å²) in [6.45, 7) is 0. The first-order valence-corrected chi connectivity index (χ1v) is 6.69. The molecule has 0 fully saturated rings. The van der Waals surface area contributed by atoms with Crippen LogP contribution in [0.3, 0.4) is 0 Å². The number of ketones is 1. The summed E-state index contributed by atoms with van der Waals surface area (Å²) in [6, 6.07) is 14.1. The third kappa shape index (κ3) is 5.99. The molecule has 0 atom stereocenters. The standard InChI is InChI=1S/C13H10O5S.3H2O/c14-13(10-5-2-1-3-6-10)11-7-4-8-12(9-11)18-19(15,16)17;;;/h1-9H,(H,15,16,17);3*1H2. The Hall–Kier alpha value is -2.30. The van der Waals surface area contributed by atoms with Gasteiger partial charge in [-0.05, 0) is 12.1 Å². The number of carbonyl (C=O) groups is 1. The first-order chi connectivity index (χ1) is 8.96. The van der Waals surface area contributed by atoms with Gasteiger partial charge >= 0.3 is 10.4 Å². The maximum absolute atomic E-state index is 12.1. The molecule has 0 aliphatic heterocycles. The van der Waals surface area contributed by atoms with Crippen molar-refractivity contribution in [2.45, 2.75) is 0 Å². The number of hydrogen-bond donors (Lipinski definition) is 1. The molecule has 0 saturated heterocycles. The molecule has 9 heteroatoms. The molecule has 0 saturated carbocycles. The summed E-state index contributed by atoms with van der Waals surface area (Å²) >= 11 is 0.